The molecule has 0 fully saturated rings. The van der Waals surface area contributed by atoms with Gasteiger partial charge in [0.15, 0.2) is 0 Å². The molecular formula is C3H8N2O. The molecule has 0 saturated carbocycles. The highest BCUT2D eigenvalue weighted by atomic mass is 16.2. The van der Waals surface area contributed by atoms with E-state index in [1.165, 1.54) is 0 Å². The van der Waals surface area contributed by atoms with Gasteiger partial charge in [-0.3, -0.25) is 0 Å². The first-order valence-corrected chi connectivity index (χ1v) is 1.56. The van der Waals surface area contributed by atoms with Crippen molar-refractivity contribution in [1.29, 1.82) is 5.26 Å². The van der Waals surface area contributed by atoms with E-state index in [0.717, 1.165) is 12.8 Å². The maximum atomic E-state index is 6.88. The molecule has 0 heterocycles. The number of hydrogen-bond donors (Lipinski definition) is 2. The average molecular weight is 88.1 g/mol. The third-order valence-corrected chi connectivity index (χ3v) is 0. The molecule has 0 aliphatic rings. The fourth-order valence-electron chi connectivity index (χ4n) is 0. The van der Waals surface area contributed by atoms with Gasteiger partial charge in [-0.1, -0.05) is 6.92 Å². The minimum Gasteiger partial charge on any atom is -0.443 e. The van der Waals surface area contributed by atoms with Crippen LogP contribution >= 0.6 is 0 Å². The summed E-state index contributed by atoms with van der Waals surface area (Å²) in [6.45, 7) is 2.65. The summed E-state index contributed by atoms with van der Waals surface area (Å²) in [6, 6.07) is 0. The second kappa shape index (κ2) is 28.7. The zero-order chi connectivity index (χ0) is 5.41. The Labute approximate surface area is 37.0 Å². The molecule has 0 aromatic carbocycles. The normalized spacial score (nSPS) is 4.17. The highest BCUT2D eigenvalue weighted by molar-refractivity contribution is 4.30. The minimum atomic E-state index is 0.750. The Kier molecular flexibility index (Phi) is 43.0. The Balaban J connectivity index is 0. The maximum Gasteiger partial charge on any atom is 0.283 e. The maximum absolute atomic E-state index is 6.88. The van der Waals surface area contributed by atoms with Crippen LogP contribution in [0.2, 0.25) is 0 Å². The molecule has 3 nitrogen and oxygen atoms in total. The Morgan fingerprint density at radius 1 is 2.00 bits per heavy atom. The van der Waals surface area contributed by atoms with Crippen LogP contribution in [0, 0.1) is 11.5 Å². The van der Waals surface area contributed by atoms with Crippen molar-refractivity contribution in [2.24, 2.45) is 5.73 Å². The molecule has 0 rings (SSSR count). The van der Waals surface area contributed by atoms with E-state index in [0.29, 0.717) is 0 Å². The van der Waals surface area contributed by atoms with Crippen LogP contribution in [-0.4, -0.2) is 11.7 Å². The molecule has 3 N–H and O–H groups in total. The first kappa shape index (κ1) is 8.98. The number of aliphatic hydroxyl groups excluding tert-OH is 1. The molecule has 0 aromatic rings. The highest BCUT2D eigenvalue weighted by Gasteiger charge is 1.32. The van der Waals surface area contributed by atoms with Crippen molar-refractivity contribution in [3.8, 4) is 6.26 Å². The molecule has 0 aromatic heterocycles. The van der Waals surface area contributed by atoms with Gasteiger partial charge in [-0.25, -0.2) is 0 Å². The van der Waals surface area contributed by atoms with Gasteiger partial charge >= 0.3 is 0 Å². The fourth-order valence-corrected chi connectivity index (χ4v) is 0. The van der Waals surface area contributed by atoms with Gasteiger partial charge in [0, 0.05) is 0 Å². The lowest BCUT2D eigenvalue weighted by Gasteiger charge is -1.53. The quantitative estimate of drug-likeness (QED) is 0.403. The van der Waals surface area contributed by atoms with E-state index in [-0.39, 0.29) is 0 Å². The van der Waals surface area contributed by atoms with Crippen LogP contribution in [0.3, 0.4) is 0 Å². The molecule has 0 radical (unpaired) electrons. The standard InChI is InChI=1S/C2H7N.CHNO/c1-2-3;2-1-3/h2-3H2,1H3;3H. The summed E-state index contributed by atoms with van der Waals surface area (Å²) in [5, 5.41) is 13.8. The molecule has 0 spiro atoms. The monoisotopic (exact) mass is 88.1 g/mol. The summed E-state index contributed by atoms with van der Waals surface area (Å²) >= 11 is 0. The van der Waals surface area contributed by atoms with Gasteiger partial charge < -0.3 is 10.8 Å². The van der Waals surface area contributed by atoms with Crippen molar-refractivity contribution in [3.05, 3.63) is 0 Å². The van der Waals surface area contributed by atoms with Crippen molar-refractivity contribution in [3.63, 3.8) is 0 Å². The fraction of sp³-hybridized carbons (Fsp3) is 0.667. The van der Waals surface area contributed by atoms with Crippen molar-refractivity contribution in [2.45, 2.75) is 6.92 Å². The van der Waals surface area contributed by atoms with E-state index in [9.17, 15) is 0 Å². The molecule has 0 saturated heterocycles. The molecule has 6 heavy (non-hydrogen) atoms. The molecule has 0 amide bonds. The largest absolute Gasteiger partial charge is 0.443 e. The lowest BCUT2D eigenvalue weighted by molar-refractivity contribution is 0.503. The third kappa shape index (κ3) is 29.2. The predicted octanol–water partition coefficient (Wildman–Crippen LogP) is -0.195. The Morgan fingerprint density at radius 3 is 2.00 bits per heavy atom. The van der Waals surface area contributed by atoms with Gasteiger partial charge in [-0.2, -0.15) is 5.26 Å². The van der Waals surface area contributed by atoms with Crippen LogP contribution < -0.4 is 5.73 Å². The predicted molar refractivity (Wildman–Crippen MR) is 22.3 cm³/mol. The SMILES string of the molecule is CCN.N#CO. The van der Waals surface area contributed by atoms with Crippen molar-refractivity contribution in [1.82, 2.24) is 0 Å². The molecule has 0 atom stereocenters. The number of rotatable bonds is 0. The van der Waals surface area contributed by atoms with Crippen LogP contribution in [0.25, 0.3) is 0 Å². The van der Waals surface area contributed by atoms with E-state index >= 15 is 0 Å². The van der Waals surface area contributed by atoms with E-state index in [2.05, 4.69) is 0 Å². The van der Waals surface area contributed by atoms with Crippen LogP contribution in [0.5, 0.6) is 0 Å². The smallest absolute Gasteiger partial charge is 0.283 e. The molecule has 0 bridgehead atoms. The number of nitriles is 1. The van der Waals surface area contributed by atoms with E-state index < -0.39 is 0 Å². The van der Waals surface area contributed by atoms with Gasteiger partial charge in [-0.15, -0.1) is 0 Å². The summed E-state index contributed by atoms with van der Waals surface area (Å²) in [5.74, 6) is 0. The van der Waals surface area contributed by atoms with Crippen molar-refractivity contribution >= 4 is 0 Å². The highest BCUT2D eigenvalue weighted by Crippen LogP contribution is 1.20. The van der Waals surface area contributed by atoms with E-state index in [1.807, 2.05) is 6.92 Å². The zero-order valence-corrected chi connectivity index (χ0v) is 3.68. The van der Waals surface area contributed by atoms with Crippen LogP contribution in [0.4, 0.5) is 0 Å². The summed E-state index contributed by atoms with van der Waals surface area (Å²) in [4.78, 5) is 0. The first-order chi connectivity index (χ1) is 2.83. The van der Waals surface area contributed by atoms with Crippen LogP contribution in [-0.2, 0) is 0 Å². The molecule has 0 unspecified atom stereocenters. The average Bonchev–Trinajstić information content (AvgIpc) is 1.39. The third-order valence-electron chi connectivity index (χ3n) is 0. The summed E-state index contributed by atoms with van der Waals surface area (Å²) in [6.07, 6.45) is 0.750. The van der Waals surface area contributed by atoms with Crippen molar-refractivity contribution < 1.29 is 5.11 Å². The molecular weight excluding hydrogens is 80.0 g/mol. The number of nitrogens with zero attached hydrogens (tertiary/aromatic N) is 1. The number of aliphatic hydroxyl groups is 1. The second-order valence-corrected chi connectivity index (χ2v) is 0.508. The van der Waals surface area contributed by atoms with E-state index in [4.69, 9.17) is 16.1 Å². The van der Waals surface area contributed by atoms with Crippen molar-refractivity contribution in [2.75, 3.05) is 6.54 Å². The Morgan fingerprint density at radius 2 is 2.00 bits per heavy atom. The Bertz CT molecular complexity index is 38.5. The lowest BCUT2D eigenvalue weighted by Crippen LogP contribution is -1.87. The van der Waals surface area contributed by atoms with Crippen LogP contribution in [0.1, 0.15) is 6.92 Å². The van der Waals surface area contributed by atoms with Gasteiger partial charge in [0.05, 0.1) is 0 Å². The second-order valence-electron chi connectivity index (χ2n) is 0.508. The van der Waals surface area contributed by atoms with Crippen LogP contribution in [0.15, 0.2) is 0 Å². The number of nitrogens with two attached hydrogens (primary N) is 1. The minimum absolute atomic E-state index is 0.750. The van der Waals surface area contributed by atoms with E-state index in [1.54, 1.807) is 0 Å². The molecule has 36 valence electrons. The first-order valence-electron chi connectivity index (χ1n) is 1.56. The summed E-state index contributed by atoms with van der Waals surface area (Å²) in [7, 11) is 0. The van der Waals surface area contributed by atoms with Gasteiger partial charge in [-0.05, 0) is 6.54 Å². The topological polar surface area (TPSA) is 70.0 Å². The van der Waals surface area contributed by atoms with Gasteiger partial charge in [0.1, 0.15) is 0 Å². The van der Waals surface area contributed by atoms with Gasteiger partial charge in [0.25, 0.3) is 6.26 Å². The summed E-state index contributed by atoms with van der Waals surface area (Å²) < 4.78 is 0. The lowest BCUT2D eigenvalue weighted by atomic mass is 10.8. The number of hydrogen-bond acceptors (Lipinski definition) is 3. The van der Waals surface area contributed by atoms with Gasteiger partial charge in [0.2, 0.25) is 0 Å². The molecule has 0 aliphatic carbocycles. The molecule has 0 aliphatic heterocycles. The Hall–Kier alpha value is -0.750. The summed E-state index contributed by atoms with van der Waals surface area (Å²) in [5.41, 5.74) is 4.85. The zero-order valence-electron chi connectivity index (χ0n) is 3.68. The molecule has 3 heteroatoms.